The Morgan fingerprint density at radius 1 is 1.46 bits per heavy atom. The van der Waals surface area contributed by atoms with Crippen molar-refractivity contribution in [1.82, 2.24) is 4.90 Å². The summed E-state index contributed by atoms with van der Waals surface area (Å²) < 4.78 is 11.6. The zero-order chi connectivity index (χ0) is 18.8. The Kier molecular flexibility index (Phi) is 5.72. The van der Waals surface area contributed by atoms with Crippen LogP contribution in [-0.2, 0) is 14.3 Å². The fourth-order valence-corrected chi connectivity index (χ4v) is 4.47. The molecule has 1 aromatic rings. The Hall–Kier alpha value is -1.80. The minimum absolute atomic E-state index is 0.0659. The molecule has 0 bridgehead atoms. The van der Waals surface area contributed by atoms with Crippen LogP contribution in [0.4, 0.5) is 0 Å². The molecule has 0 N–H and O–H groups in total. The lowest BCUT2D eigenvalue weighted by Crippen LogP contribution is -2.46. The first-order valence-electron chi connectivity index (χ1n) is 8.22. The molecule has 0 radical (unpaired) electrons. The summed E-state index contributed by atoms with van der Waals surface area (Å²) >= 11 is 4.99. The molecule has 1 atom stereocenters. The summed E-state index contributed by atoms with van der Waals surface area (Å²) in [5, 5.41) is 0.610. The summed E-state index contributed by atoms with van der Waals surface area (Å²) in [6.45, 7) is 3.77. The summed E-state index contributed by atoms with van der Waals surface area (Å²) in [6, 6.07) is 4.90. The highest BCUT2D eigenvalue weighted by atomic mass is 79.9. The quantitative estimate of drug-likeness (QED) is 0.670. The van der Waals surface area contributed by atoms with Gasteiger partial charge in [-0.25, -0.2) is 9.79 Å². The summed E-state index contributed by atoms with van der Waals surface area (Å²) in [6.07, 6.45) is 0.395. The molecule has 2 aliphatic heterocycles. The highest BCUT2D eigenvalue weighted by molar-refractivity contribution is 9.10. The van der Waals surface area contributed by atoms with Gasteiger partial charge in [-0.15, -0.1) is 0 Å². The Labute approximate surface area is 164 Å². The molecule has 3 rings (SSSR count). The molecular weight excluding hydrogens is 420 g/mol. The summed E-state index contributed by atoms with van der Waals surface area (Å²) in [7, 11) is 1.57. The van der Waals surface area contributed by atoms with Gasteiger partial charge in [0.1, 0.15) is 11.8 Å². The zero-order valence-corrected chi connectivity index (χ0v) is 17.1. The number of thioether (sulfide) groups is 1. The van der Waals surface area contributed by atoms with Crippen molar-refractivity contribution >= 4 is 44.7 Å². The molecule has 6 nitrogen and oxygen atoms in total. The third-order valence-electron chi connectivity index (χ3n) is 4.19. The highest BCUT2D eigenvalue weighted by Gasteiger charge is 2.42. The Balaban J connectivity index is 2.23. The number of hydrogen-bond donors (Lipinski definition) is 0. The van der Waals surface area contributed by atoms with E-state index in [2.05, 4.69) is 20.9 Å². The first-order chi connectivity index (χ1) is 12.5. The van der Waals surface area contributed by atoms with Gasteiger partial charge in [-0.2, -0.15) is 0 Å². The van der Waals surface area contributed by atoms with Crippen molar-refractivity contribution in [3.63, 3.8) is 0 Å². The third-order valence-corrected chi connectivity index (χ3v) is 5.64. The van der Waals surface area contributed by atoms with E-state index in [-0.39, 0.29) is 12.5 Å². The predicted octanol–water partition coefficient (Wildman–Crippen LogP) is 3.67. The molecule has 0 unspecified atom stereocenters. The number of methoxy groups -OCH3 is 1. The molecule has 8 heteroatoms. The van der Waals surface area contributed by atoms with Gasteiger partial charge in [-0.05, 0) is 32.0 Å². The fraction of sp³-hybridized carbons (Fsp3) is 0.389. The first kappa shape index (κ1) is 19.0. The Bertz CT molecular complexity index is 821. The molecule has 0 saturated carbocycles. The van der Waals surface area contributed by atoms with Crippen LogP contribution >= 0.6 is 27.7 Å². The number of amidine groups is 1. The number of aliphatic imine (C=N–C) groups is 1. The van der Waals surface area contributed by atoms with E-state index >= 15 is 0 Å². The summed E-state index contributed by atoms with van der Waals surface area (Å²) in [4.78, 5) is 31.5. The maximum atomic E-state index is 12.7. The first-order valence-corrected chi connectivity index (χ1v) is 10.0. The monoisotopic (exact) mass is 438 g/mol. The number of ether oxygens (including phenoxy) is 2. The van der Waals surface area contributed by atoms with Crippen LogP contribution in [0, 0.1) is 0 Å². The second kappa shape index (κ2) is 7.84. The number of carbonyl (C=O) groups is 2. The van der Waals surface area contributed by atoms with Gasteiger partial charge < -0.3 is 9.47 Å². The fourth-order valence-electron chi connectivity index (χ4n) is 3.08. The maximum Gasteiger partial charge on any atom is 0.338 e. The smallest absolute Gasteiger partial charge is 0.338 e. The molecule has 26 heavy (non-hydrogen) atoms. The molecule has 0 spiro atoms. The van der Waals surface area contributed by atoms with Gasteiger partial charge in [0, 0.05) is 22.2 Å². The second-order valence-corrected chi connectivity index (χ2v) is 7.74. The Morgan fingerprint density at radius 2 is 2.23 bits per heavy atom. The number of rotatable bonds is 4. The number of esters is 1. The van der Waals surface area contributed by atoms with Crippen LogP contribution in [0.15, 0.2) is 38.9 Å². The molecular formula is C18H19BrN2O4S. The molecule has 1 amide bonds. The van der Waals surface area contributed by atoms with Crippen LogP contribution in [0.25, 0.3) is 0 Å². The van der Waals surface area contributed by atoms with E-state index < -0.39 is 12.0 Å². The average Bonchev–Trinajstić information content (AvgIpc) is 2.60. The normalized spacial score (nSPS) is 19.8. The molecule has 2 aliphatic rings. The van der Waals surface area contributed by atoms with Gasteiger partial charge in [-0.1, -0.05) is 27.7 Å². The highest BCUT2D eigenvalue weighted by Crippen LogP contribution is 2.43. The second-order valence-electron chi connectivity index (χ2n) is 5.76. The van der Waals surface area contributed by atoms with E-state index in [1.54, 1.807) is 25.9 Å². The van der Waals surface area contributed by atoms with E-state index in [0.717, 1.165) is 4.47 Å². The molecule has 1 saturated heterocycles. The van der Waals surface area contributed by atoms with Gasteiger partial charge in [0.05, 0.1) is 25.0 Å². The van der Waals surface area contributed by atoms with Crippen molar-refractivity contribution in [3.8, 4) is 5.75 Å². The van der Waals surface area contributed by atoms with Crippen molar-refractivity contribution in [2.45, 2.75) is 26.3 Å². The lowest BCUT2D eigenvalue weighted by Gasteiger charge is -2.39. The number of carbonyl (C=O) groups excluding carboxylic acids is 2. The van der Waals surface area contributed by atoms with Gasteiger partial charge in [0.15, 0.2) is 5.17 Å². The van der Waals surface area contributed by atoms with Crippen molar-refractivity contribution < 1.29 is 19.1 Å². The number of allylic oxidation sites excluding steroid dienone is 1. The molecule has 2 heterocycles. The van der Waals surface area contributed by atoms with E-state index in [1.165, 1.54) is 11.8 Å². The predicted molar refractivity (Wildman–Crippen MR) is 104 cm³/mol. The lowest BCUT2D eigenvalue weighted by molar-refractivity contribution is -0.139. The number of benzene rings is 1. The molecule has 0 aliphatic carbocycles. The van der Waals surface area contributed by atoms with Crippen molar-refractivity contribution in [2.24, 2.45) is 4.99 Å². The van der Waals surface area contributed by atoms with Gasteiger partial charge in [0.25, 0.3) is 0 Å². The maximum absolute atomic E-state index is 12.7. The average molecular weight is 439 g/mol. The van der Waals surface area contributed by atoms with Crippen molar-refractivity contribution in [3.05, 3.63) is 39.5 Å². The van der Waals surface area contributed by atoms with Crippen LogP contribution in [-0.4, -0.2) is 41.4 Å². The van der Waals surface area contributed by atoms with E-state index in [9.17, 15) is 9.59 Å². The van der Waals surface area contributed by atoms with E-state index in [4.69, 9.17) is 9.47 Å². The largest absolute Gasteiger partial charge is 0.496 e. The number of nitrogens with zero attached hydrogens (tertiary/aromatic N) is 2. The molecule has 1 fully saturated rings. The van der Waals surface area contributed by atoms with Crippen LogP contribution < -0.4 is 4.74 Å². The standard InChI is InChI=1S/C18H19BrN2O4S/c1-4-25-17(23)15-10(2)20-18-21(14(22)7-8-26-18)16(15)12-9-11(19)5-6-13(12)24-3/h5-6,9,16H,4,7-8H2,1-3H3/t16-/m0/s1. The van der Waals surface area contributed by atoms with Gasteiger partial charge in [-0.3, -0.25) is 9.69 Å². The van der Waals surface area contributed by atoms with Crippen LogP contribution in [0.5, 0.6) is 5.75 Å². The Morgan fingerprint density at radius 3 is 2.92 bits per heavy atom. The van der Waals surface area contributed by atoms with Crippen LogP contribution in [0.1, 0.15) is 31.9 Å². The number of fused-ring (bicyclic) bond motifs is 1. The third kappa shape index (κ3) is 3.40. The summed E-state index contributed by atoms with van der Waals surface area (Å²) in [5.41, 5.74) is 1.64. The minimum Gasteiger partial charge on any atom is -0.496 e. The lowest BCUT2D eigenvalue weighted by atomic mass is 9.93. The van der Waals surface area contributed by atoms with Crippen LogP contribution in [0.3, 0.4) is 0 Å². The van der Waals surface area contributed by atoms with E-state index in [1.807, 2.05) is 18.2 Å². The summed E-state index contributed by atoms with van der Waals surface area (Å²) in [5.74, 6) is 0.739. The zero-order valence-electron chi connectivity index (χ0n) is 14.7. The topological polar surface area (TPSA) is 68.2 Å². The number of amides is 1. The van der Waals surface area contributed by atoms with Crippen molar-refractivity contribution in [2.75, 3.05) is 19.5 Å². The number of hydrogen-bond acceptors (Lipinski definition) is 6. The molecule has 0 aromatic heterocycles. The van der Waals surface area contributed by atoms with Crippen LogP contribution in [0.2, 0.25) is 0 Å². The van der Waals surface area contributed by atoms with Crippen molar-refractivity contribution in [1.29, 1.82) is 0 Å². The van der Waals surface area contributed by atoms with Gasteiger partial charge >= 0.3 is 5.97 Å². The van der Waals surface area contributed by atoms with Gasteiger partial charge in [0.2, 0.25) is 5.91 Å². The number of halogens is 1. The molecule has 1 aromatic carbocycles. The SMILES string of the molecule is CCOC(=O)C1=C(C)N=C2SCCC(=O)N2[C@H]1c1cc(Br)ccc1OC. The molecule has 138 valence electrons. The van der Waals surface area contributed by atoms with E-state index in [0.29, 0.717) is 39.9 Å². The minimum atomic E-state index is -0.630.